The summed E-state index contributed by atoms with van der Waals surface area (Å²) in [6, 6.07) is 14.8. The van der Waals surface area contributed by atoms with Crippen LogP contribution in [0.25, 0.3) is 11.1 Å². The number of carbonyl (C=O) groups is 3. The van der Waals surface area contributed by atoms with Gasteiger partial charge < -0.3 is 25.4 Å². The Labute approximate surface area is 200 Å². The number of amides is 2. The van der Waals surface area contributed by atoms with Gasteiger partial charge in [0.25, 0.3) is 0 Å². The zero-order valence-corrected chi connectivity index (χ0v) is 19.9. The van der Waals surface area contributed by atoms with Crippen LogP contribution in [0.1, 0.15) is 43.2 Å². The molecule has 182 valence electrons. The third-order valence-electron chi connectivity index (χ3n) is 5.92. The minimum absolute atomic E-state index is 0.0186. The van der Waals surface area contributed by atoms with E-state index in [0.717, 1.165) is 28.7 Å². The number of carbonyl (C=O) groups excluding carboxylic acids is 2. The molecule has 34 heavy (non-hydrogen) atoms. The maximum atomic E-state index is 12.6. The summed E-state index contributed by atoms with van der Waals surface area (Å²) in [5.74, 6) is -1.57. The van der Waals surface area contributed by atoms with Gasteiger partial charge in [0.15, 0.2) is 0 Å². The molecule has 2 aromatic carbocycles. The molecule has 0 saturated carbocycles. The molecule has 0 aromatic heterocycles. The summed E-state index contributed by atoms with van der Waals surface area (Å²) in [5, 5.41) is 14.7. The van der Waals surface area contributed by atoms with E-state index in [9.17, 15) is 19.5 Å². The monoisotopic (exact) mass is 467 g/mol. The lowest BCUT2D eigenvalue weighted by molar-refractivity contribution is -0.142. The van der Waals surface area contributed by atoms with Crippen LogP contribution in [0.2, 0.25) is 0 Å². The molecule has 0 bridgehead atoms. The molecular formula is C26H33N3O5. The highest BCUT2D eigenvalue weighted by atomic mass is 16.5. The van der Waals surface area contributed by atoms with Crippen molar-refractivity contribution >= 4 is 18.0 Å². The lowest BCUT2D eigenvalue weighted by Gasteiger charge is -2.22. The minimum atomic E-state index is -1.10. The molecule has 0 radical (unpaired) electrons. The third-order valence-corrected chi connectivity index (χ3v) is 5.92. The number of rotatable bonds is 11. The van der Waals surface area contributed by atoms with Gasteiger partial charge in [-0.25, -0.2) is 9.59 Å². The van der Waals surface area contributed by atoms with Gasteiger partial charge in [0.1, 0.15) is 12.6 Å². The van der Waals surface area contributed by atoms with Crippen molar-refractivity contribution in [3.05, 3.63) is 59.7 Å². The summed E-state index contributed by atoms with van der Waals surface area (Å²) >= 11 is 0. The van der Waals surface area contributed by atoms with Crippen molar-refractivity contribution in [3.63, 3.8) is 0 Å². The van der Waals surface area contributed by atoms with E-state index in [1.807, 2.05) is 31.2 Å². The van der Waals surface area contributed by atoms with E-state index in [0.29, 0.717) is 6.42 Å². The van der Waals surface area contributed by atoms with E-state index in [2.05, 4.69) is 34.9 Å². The molecule has 8 heteroatoms. The van der Waals surface area contributed by atoms with Gasteiger partial charge in [-0.1, -0.05) is 61.9 Å². The summed E-state index contributed by atoms with van der Waals surface area (Å²) in [4.78, 5) is 38.2. The first-order chi connectivity index (χ1) is 16.3. The molecular weight excluding hydrogens is 434 g/mol. The maximum Gasteiger partial charge on any atom is 0.407 e. The fraction of sp³-hybridized carbons (Fsp3) is 0.423. The summed E-state index contributed by atoms with van der Waals surface area (Å²) < 4.78 is 5.59. The Morgan fingerprint density at radius 1 is 1.00 bits per heavy atom. The normalized spacial score (nSPS) is 14.1. The average molecular weight is 468 g/mol. The van der Waals surface area contributed by atoms with Crippen LogP contribution in [0.4, 0.5) is 4.79 Å². The van der Waals surface area contributed by atoms with Crippen molar-refractivity contribution in [2.75, 3.05) is 27.2 Å². The van der Waals surface area contributed by atoms with Crippen molar-refractivity contribution in [1.82, 2.24) is 15.5 Å². The van der Waals surface area contributed by atoms with Gasteiger partial charge in [0.05, 0.1) is 0 Å². The molecule has 2 unspecified atom stereocenters. The van der Waals surface area contributed by atoms with Crippen molar-refractivity contribution < 1.29 is 24.2 Å². The summed E-state index contributed by atoms with van der Waals surface area (Å²) in [6.07, 6.45) is 0.719. The molecule has 3 rings (SSSR count). The third kappa shape index (κ3) is 6.35. The van der Waals surface area contributed by atoms with E-state index < -0.39 is 30.1 Å². The molecule has 1 aliphatic rings. The van der Waals surface area contributed by atoms with Crippen LogP contribution in [-0.4, -0.2) is 67.3 Å². The van der Waals surface area contributed by atoms with Crippen LogP contribution >= 0.6 is 0 Å². The second-order valence-corrected chi connectivity index (χ2v) is 8.88. The highest BCUT2D eigenvalue weighted by Gasteiger charge is 2.29. The fourth-order valence-electron chi connectivity index (χ4n) is 4.41. The van der Waals surface area contributed by atoms with Crippen molar-refractivity contribution in [2.45, 2.75) is 44.2 Å². The first-order valence-corrected chi connectivity index (χ1v) is 11.6. The number of likely N-dealkylation sites (N-methyl/N-ethyl adjacent to an activating group) is 1. The van der Waals surface area contributed by atoms with E-state index in [4.69, 9.17) is 4.74 Å². The van der Waals surface area contributed by atoms with E-state index in [-0.39, 0.29) is 25.5 Å². The molecule has 2 amide bonds. The number of benzene rings is 2. The van der Waals surface area contributed by atoms with Crippen LogP contribution in [-0.2, 0) is 14.3 Å². The number of hydrogen-bond acceptors (Lipinski definition) is 5. The number of alkyl carbamates (subject to hydrolysis) is 1. The first-order valence-electron chi connectivity index (χ1n) is 11.6. The molecule has 0 aliphatic heterocycles. The van der Waals surface area contributed by atoms with Crippen LogP contribution in [0.5, 0.6) is 0 Å². The van der Waals surface area contributed by atoms with Crippen LogP contribution < -0.4 is 10.6 Å². The molecule has 0 spiro atoms. The number of carboxylic acids is 1. The van der Waals surface area contributed by atoms with Gasteiger partial charge in [-0.2, -0.15) is 0 Å². The number of aliphatic carboxylic acids is 1. The minimum Gasteiger partial charge on any atom is -0.480 e. The predicted octanol–water partition coefficient (Wildman–Crippen LogP) is 3.21. The Morgan fingerprint density at radius 3 is 2.12 bits per heavy atom. The molecule has 8 nitrogen and oxygen atoms in total. The second kappa shape index (κ2) is 11.7. The van der Waals surface area contributed by atoms with Gasteiger partial charge in [0, 0.05) is 24.9 Å². The lowest BCUT2D eigenvalue weighted by Crippen LogP contribution is -2.48. The van der Waals surface area contributed by atoms with Crippen LogP contribution in [0.3, 0.4) is 0 Å². The largest absolute Gasteiger partial charge is 0.480 e. The summed E-state index contributed by atoms with van der Waals surface area (Å²) in [6.45, 7) is 2.32. The predicted molar refractivity (Wildman–Crippen MR) is 130 cm³/mol. The van der Waals surface area contributed by atoms with E-state index >= 15 is 0 Å². The first kappa shape index (κ1) is 25.2. The van der Waals surface area contributed by atoms with Crippen molar-refractivity contribution in [3.8, 4) is 11.1 Å². The van der Waals surface area contributed by atoms with Crippen LogP contribution in [0, 0.1) is 0 Å². The number of carboxylic acid groups (broad SMARTS) is 1. The summed E-state index contributed by atoms with van der Waals surface area (Å²) in [5.41, 5.74) is 4.56. The standard InChI is InChI=1S/C26H33N3O5/c1-4-9-17(14-24(30)28-23(25(31)32)15-29(2)3)27-26(33)34-16-22-20-12-7-5-10-18(20)19-11-6-8-13-21(19)22/h5-8,10-13,17,22-23H,4,9,14-16H2,1-3H3,(H,27,33)(H,28,30)(H,31,32). The Hall–Kier alpha value is -3.39. The van der Waals surface area contributed by atoms with E-state index in [1.165, 1.54) is 0 Å². The Kier molecular flexibility index (Phi) is 8.65. The van der Waals surface area contributed by atoms with Crippen molar-refractivity contribution in [2.24, 2.45) is 0 Å². The molecule has 2 aromatic rings. The second-order valence-electron chi connectivity index (χ2n) is 8.88. The van der Waals surface area contributed by atoms with Crippen molar-refractivity contribution in [1.29, 1.82) is 0 Å². The average Bonchev–Trinajstić information content (AvgIpc) is 3.11. The highest BCUT2D eigenvalue weighted by molar-refractivity contribution is 5.84. The fourth-order valence-corrected chi connectivity index (χ4v) is 4.41. The van der Waals surface area contributed by atoms with E-state index in [1.54, 1.807) is 19.0 Å². The zero-order chi connectivity index (χ0) is 24.7. The Bertz CT molecular complexity index is 978. The lowest BCUT2D eigenvalue weighted by atomic mass is 9.98. The number of hydrogen-bond donors (Lipinski definition) is 3. The number of nitrogens with zero attached hydrogens (tertiary/aromatic N) is 1. The molecule has 0 heterocycles. The van der Waals surface area contributed by atoms with Gasteiger partial charge in [-0.05, 0) is 42.8 Å². The smallest absolute Gasteiger partial charge is 0.407 e. The zero-order valence-electron chi connectivity index (χ0n) is 19.9. The Morgan fingerprint density at radius 2 is 1.59 bits per heavy atom. The molecule has 3 N–H and O–H groups in total. The Balaban J connectivity index is 1.58. The number of nitrogens with one attached hydrogen (secondary N) is 2. The maximum absolute atomic E-state index is 12.6. The quantitative estimate of drug-likeness (QED) is 0.468. The van der Waals surface area contributed by atoms with Gasteiger partial charge >= 0.3 is 12.1 Å². The van der Waals surface area contributed by atoms with Gasteiger partial charge in [-0.15, -0.1) is 0 Å². The van der Waals surface area contributed by atoms with Gasteiger partial charge in [0.2, 0.25) is 5.91 Å². The molecule has 1 aliphatic carbocycles. The molecule has 2 atom stereocenters. The molecule has 0 fully saturated rings. The van der Waals surface area contributed by atoms with Crippen LogP contribution in [0.15, 0.2) is 48.5 Å². The topological polar surface area (TPSA) is 108 Å². The highest BCUT2D eigenvalue weighted by Crippen LogP contribution is 2.44. The number of fused-ring (bicyclic) bond motifs is 3. The summed E-state index contributed by atoms with van der Waals surface area (Å²) in [7, 11) is 3.47. The van der Waals surface area contributed by atoms with Gasteiger partial charge in [-0.3, -0.25) is 4.79 Å². The SMILES string of the molecule is CCCC(CC(=O)NC(CN(C)C)C(=O)O)NC(=O)OCC1c2ccccc2-c2ccccc21. The molecule has 0 saturated heterocycles. The number of ether oxygens (including phenoxy) is 1.